The predicted octanol–water partition coefficient (Wildman–Crippen LogP) is 3.32. The molecule has 25 heavy (non-hydrogen) atoms. The molecule has 1 aromatic carbocycles. The van der Waals surface area contributed by atoms with E-state index < -0.39 is 0 Å². The summed E-state index contributed by atoms with van der Waals surface area (Å²) in [6.07, 6.45) is 1.93. The Kier molecular flexibility index (Phi) is 3.95. The van der Waals surface area contributed by atoms with Gasteiger partial charge in [-0.15, -0.1) is 0 Å². The number of hydrogen-bond acceptors (Lipinski definition) is 5. The number of pyridine rings is 1. The number of para-hydroxylation sites is 1. The molecule has 6 nitrogen and oxygen atoms in total. The molecule has 1 aliphatic heterocycles. The highest BCUT2D eigenvalue weighted by Gasteiger charge is 2.27. The summed E-state index contributed by atoms with van der Waals surface area (Å²) in [7, 11) is 0. The summed E-state index contributed by atoms with van der Waals surface area (Å²) in [6.45, 7) is 5.02. The second kappa shape index (κ2) is 6.27. The van der Waals surface area contributed by atoms with Crippen molar-refractivity contribution in [1.29, 1.82) is 0 Å². The van der Waals surface area contributed by atoms with E-state index in [1.807, 2.05) is 42.2 Å². The van der Waals surface area contributed by atoms with Gasteiger partial charge in [0.05, 0.1) is 16.8 Å². The van der Waals surface area contributed by atoms with Crippen molar-refractivity contribution in [2.75, 3.05) is 13.1 Å². The van der Waals surface area contributed by atoms with Gasteiger partial charge >= 0.3 is 0 Å². The van der Waals surface area contributed by atoms with Crippen LogP contribution in [0.2, 0.25) is 0 Å². The molecule has 0 N–H and O–H groups in total. The zero-order valence-electron chi connectivity index (χ0n) is 14.4. The van der Waals surface area contributed by atoms with Gasteiger partial charge in [-0.2, -0.15) is 4.98 Å². The van der Waals surface area contributed by atoms with Gasteiger partial charge < -0.3 is 9.42 Å². The molecule has 1 aliphatic rings. The van der Waals surface area contributed by atoms with Gasteiger partial charge in [0.25, 0.3) is 5.89 Å². The van der Waals surface area contributed by atoms with E-state index in [1.54, 1.807) is 6.92 Å². The number of hydrogen-bond donors (Lipinski definition) is 0. The molecule has 3 heterocycles. The highest BCUT2D eigenvalue weighted by Crippen LogP contribution is 2.29. The summed E-state index contributed by atoms with van der Waals surface area (Å²) >= 11 is 0. The molecule has 1 unspecified atom stereocenters. The molecule has 0 spiro atoms. The van der Waals surface area contributed by atoms with Crippen LogP contribution in [0.3, 0.4) is 0 Å². The Morgan fingerprint density at radius 2 is 2.12 bits per heavy atom. The molecule has 0 aliphatic carbocycles. The van der Waals surface area contributed by atoms with Gasteiger partial charge in [-0.1, -0.05) is 23.4 Å². The molecule has 1 saturated heterocycles. The first kappa shape index (κ1) is 15.7. The first-order chi connectivity index (χ1) is 12.1. The first-order valence-electron chi connectivity index (χ1n) is 8.57. The zero-order valence-corrected chi connectivity index (χ0v) is 14.4. The Balaban J connectivity index is 1.65. The lowest BCUT2D eigenvalue weighted by molar-refractivity contribution is -0.130. The van der Waals surface area contributed by atoms with Crippen molar-refractivity contribution >= 4 is 16.8 Å². The number of piperidine rings is 1. The molecule has 128 valence electrons. The Morgan fingerprint density at radius 1 is 1.28 bits per heavy atom. The van der Waals surface area contributed by atoms with E-state index in [4.69, 9.17) is 4.52 Å². The average Bonchev–Trinajstić information content (AvgIpc) is 3.11. The van der Waals surface area contributed by atoms with Crippen LogP contribution in [0.4, 0.5) is 0 Å². The van der Waals surface area contributed by atoms with Crippen molar-refractivity contribution in [2.45, 2.75) is 32.6 Å². The zero-order chi connectivity index (χ0) is 17.4. The fourth-order valence-electron chi connectivity index (χ4n) is 3.41. The van der Waals surface area contributed by atoms with Crippen LogP contribution in [0, 0.1) is 6.92 Å². The highest BCUT2D eigenvalue weighted by molar-refractivity contribution is 5.83. The molecule has 4 rings (SSSR count). The third-order valence-electron chi connectivity index (χ3n) is 4.82. The van der Waals surface area contributed by atoms with Gasteiger partial charge in [-0.3, -0.25) is 9.78 Å². The SMILES string of the molecule is CC(=O)N1CCCC(c2noc(-c3cc4ccccc4nc3C)n2)C1. The average molecular weight is 336 g/mol. The Labute approximate surface area is 145 Å². The number of aryl methyl sites for hydroxylation is 1. The lowest BCUT2D eigenvalue weighted by Gasteiger charge is -2.30. The molecule has 1 amide bonds. The first-order valence-corrected chi connectivity index (χ1v) is 8.57. The van der Waals surface area contributed by atoms with Crippen LogP contribution in [0.15, 0.2) is 34.9 Å². The van der Waals surface area contributed by atoms with E-state index in [-0.39, 0.29) is 11.8 Å². The Hall–Kier alpha value is -2.76. The van der Waals surface area contributed by atoms with Crippen molar-refractivity contribution in [3.63, 3.8) is 0 Å². The number of nitrogens with zero attached hydrogens (tertiary/aromatic N) is 4. The largest absolute Gasteiger partial charge is 0.342 e. The minimum absolute atomic E-state index is 0.1000. The monoisotopic (exact) mass is 336 g/mol. The van der Waals surface area contributed by atoms with Crippen LogP contribution >= 0.6 is 0 Å². The molecule has 0 saturated carbocycles. The maximum absolute atomic E-state index is 11.6. The van der Waals surface area contributed by atoms with Crippen molar-refractivity contribution < 1.29 is 9.32 Å². The fraction of sp³-hybridized carbons (Fsp3) is 0.368. The van der Waals surface area contributed by atoms with Crippen molar-refractivity contribution in [3.8, 4) is 11.5 Å². The third-order valence-corrected chi connectivity index (χ3v) is 4.82. The van der Waals surface area contributed by atoms with Gasteiger partial charge in [0.15, 0.2) is 5.82 Å². The number of carbonyl (C=O) groups excluding carboxylic acids is 1. The van der Waals surface area contributed by atoms with E-state index in [1.165, 1.54) is 0 Å². The van der Waals surface area contributed by atoms with Crippen LogP contribution in [0.25, 0.3) is 22.4 Å². The van der Waals surface area contributed by atoms with Crippen LogP contribution in [0.5, 0.6) is 0 Å². The fourth-order valence-corrected chi connectivity index (χ4v) is 3.41. The molecule has 0 bridgehead atoms. The molecular formula is C19H20N4O2. The standard InChI is InChI=1S/C19H20N4O2/c1-12-16(10-14-6-3-4-8-17(14)20-12)19-21-18(22-25-19)15-7-5-9-23(11-15)13(2)24/h3-4,6,8,10,15H,5,7,9,11H2,1-2H3. The van der Waals surface area contributed by atoms with Gasteiger partial charge in [0.2, 0.25) is 5.91 Å². The number of rotatable bonds is 2. The lowest BCUT2D eigenvalue weighted by Crippen LogP contribution is -2.37. The van der Waals surface area contributed by atoms with E-state index in [2.05, 4.69) is 15.1 Å². The molecule has 1 fully saturated rings. The summed E-state index contributed by atoms with van der Waals surface area (Å²) in [5.74, 6) is 1.39. The van der Waals surface area contributed by atoms with Gasteiger partial charge in [-0.05, 0) is 31.9 Å². The quantitative estimate of drug-likeness (QED) is 0.718. The lowest BCUT2D eigenvalue weighted by atomic mass is 9.97. The van der Waals surface area contributed by atoms with E-state index >= 15 is 0 Å². The van der Waals surface area contributed by atoms with Crippen molar-refractivity contribution in [1.82, 2.24) is 20.0 Å². The summed E-state index contributed by atoms with van der Waals surface area (Å²) in [5.41, 5.74) is 2.67. The van der Waals surface area contributed by atoms with Gasteiger partial charge in [-0.25, -0.2) is 0 Å². The topological polar surface area (TPSA) is 72.1 Å². The predicted molar refractivity (Wildman–Crippen MR) is 94.0 cm³/mol. The smallest absolute Gasteiger partial charge is 0.259 e. The normalized spacial score (nSPS) is 17.8. The van der Waals surface area contributed by atoms with Gasteiger partial charge in [0.1, 0.15) is 0 Å². The maximum Gasteiger partial charge on any atom is 0.259 e. The highest BCUT2D eigenvalue weighted by atomic mass is 16.5. The third kappa shape index (κ3) is 2.99. The summed E-state index contributed by atoms with van der Waals surface area (Å²) in [4.78, 5) is 22.7. The van der Waals surface area contributed by atoms with Crippen LogP contribution in [-0.2, 0) is 4.79 Å². The molecule has 6 heteroatoms. The molecular weight excluding hydrogens is 316 g/mol. The van der Waals surface area contributed by atoms with E-state index in [0.717, 1.165) is 41.5 Å². The van der Waals surface area contributed by atoms with Crippen LogP contribution < -0.4 is 0 Å². The Bertz CT molecular complexity index is 934. The second-order valence-corrected chi connectivity index (χ2v) is 6.58. The Morgan fingerprint density at radius 3 is 2.96 bits per heavy atom. The molecule has 0 radical (unpaired) electrons. The summed E-state index contributed by atoms with van der Waals surface area (Å²) < 4.78 is 5.52. The molecule has 1 atom stereocenters. The van der Waals surface area contributed by atoms with E-state index in [9.17, 15) is 4.79 Å². The van der Waals surface area contributed by atoms with Crippen molar-refractivity contribution in [2.24, 2.45) is 0 Å². The van der Waals surface area contributed by atoms with E-state index in [0.29, 0.717) is 18.3 Å². The van der Waals surface area contributed by atoms with Crippen LogP contribution in [-0.4, -0.2) is 39.0 Å². The number of amides is 1. The molecule has 2 aromatic heterocycles. The minimum atomic E-state index is 0.1000. The summed E-state index contributed by atoms with van der Waals surface area (Å²) in [6, 6.07) is 10.0. The van der Waals surface area contributed by atoms with Crippen LogP contribution in [0.1, 0.15) is 37.2 Å². The minimum Gasteiger partial charge on any atom is -0.342 e. The summed E-state index contributed by atoms with van der Waals surface area (Å²) in [5, 5.41) is 5.22. The van der Waals surface area contributed by atoms with Gasteiger partial charge in [0, 0.05) is 31.3 Å². The number of aromatic nitrogens is 3. The number of carbonyl (C=O) groups is 1. The van der Waals surface area contributed by atoms with Crippen molar-refractivity contribution in [3.05, 3.63) is 41.9 Å². The number of likely N-dealkylation sites (tertiary alicyclic amines) is 1. The second-order valence-electron chi connectivity index (χ2n) is 6.58. The molecule has 3 aromatic rings. The number of benzene rings is 1. The number of fused-ring (bicyclic) bond motifs is 1. The maximum atomic E-state index is 11.6.